The minimum Gasteiger partial charge on any atom is -0.268 e. The second kappa shape index (κ2) is 5.08. The summed E-state index contributed by atoms with van der Waals surface area (Å²) in [5.41, 5.74) is 3.46. The number of rotatable bonds is 3. The summed E-state index contributed by atoms with van der Waals surface area (Å²) in [6.45, 7) is 0.795. The lowest BCUT2D eigenvalue weighted by atomic mass is 10.2. The molecule has 2 nitrogen and oxygen atoms in total. The highest BCUT2D eigenvalue weighted by atomic mass is 79.9. The summed E-state index contributed by atoms with van der Waals surface area (Å²) >= 11 is 5.18. The second-order valence-corrected chi connectivity index (χ2v) is 5.74. The van der Waals surface area contributed by atoms with E-state index in [2.05, 4.69) is 56.1 Å². The normalized spacial score (nSPS) is 10.7. The van der Waals surface area contributed by atoms with E-state index in [1.165, 1.54) is 11.1 Å². The molecule has 0 N–H and O–H groups in total. The molecule has 3 aromatic rings. The molecule has 0 saturated carbocycles. The minimum absolute atomic E-state index is 0.795. The summed E-state index contributed by atoms with van der Waals surface area (Å²) in [4.78, 5) is 0. The van der Waals surface area contributed by atoms with E-state index >= 15 is 0 Å². The van der Waals surface area contributed by atoms with Crippen LogP contribution in [-0.2, 0) is 6.54 Å². The predicted molar refractivity (Wildman–Crippen MR) is 78.8 cm³/mol. The van der Waals surface area contributed by atoms with Gasteiger partial charge in [0.05, 0.1) is 12.2 Å². The first-order valence-electron chi connectivity index (χ1n) is 5.62. The summed E-state index contributed by atoms with van der Waals surface area (Å²) in [5, 5.41) is 8.77. The van der Waals surface area contributed by atoms with E-state index < -0.39 is 0 Å². The van der Waals surface area contributed by atoms with Gasteiger partial charge in [0.15, 0.2) is 0 Å². The van der Waals surface area contributed by atoms with Crippen molar-refractivity contribution in [2.24, 2.45) is 0 Å². The minimum atomic E-state index is 0.795. The lowest BCUT2D eigenvalue weighted by molar-refractivity contribution is 0.689. The third-order valence-corrected chi connectivity index (χ3v) is 3.87. The molecule has 0 amide bonds. The summed E-state index contributed by atoms with van der Waals surface area (Å²) in [5.74, 6) is 0. The molecule has 2 aromatic heterocycles. The molecule has 0 atom stereocenters. The fourth-order valence-corrected chi connectivity index (χ4v) is 2.93. The zero-order valence-corrected chi connectivity index (χ0v) is 12.0. The van der Waals surface area contributed by atoms with E-state index in [9.17, 15) is 0 Å². The van der Waals surface area contributed by atoms with Crippen LogP contribution < -0.4 is 0 Å². The monoisotopic (exact) mass is 318 g/mol. The van der Waals surface area contributed by atoms with Crippen LogP contribution in [0.4, 0.5) is 0 Å². The van der Waals surface area contributed by atoms with Gasteiger partial charge in [0, 0.05) is 21.6 Å². The number of halogens is 1. The number of benzene rings is 1. The molecule has 90 valence electrons. The summed E-state index contributed by atoms with van der Waals surface area (Å²) in [6, 6.07) is 12.4. The highest BCUT2D eigenvalue weighted by Gasteiger charge is 2.03. The first-order valence-corrected chi connectivity index (χ1v) is 7.35. The zero-order chi connectivity index (χ0) is 12.4. The number of hydrogen-bond donors (Lipinski definition) is 0. The van der Waals surface area contributed by atoms with Crippen LogP contribution in [-0.4, -0.2) is 9.78 Å². The van der Waals surface area contributed by atoms with Crippen molar-refractivity contribution >= 4 is 27.3 Å². The second-order valence-electron chi connectivity index (χ2n) is 4.04. The maximum Gasteiger partial charge on any atom is 0.0931 e. The Labute approximate surface area is 118 Å². The Morgan fingerprint density at radius 3 is 2.94 bits per heavy atom. The first kappa shape index (κ1) is 11.7. The van der Waals surface area contributed by atoms with Gasteiger partial charge in [0.25, 0.3) is 0 Å². The number of hydrogen-bond acceptors (Lipinski definition) is 2. The molecule has 4 heteroatoms. The Morgan fingerprint density at radius 1 is 1.22 bits per heavy atom. The van der Waals surface area contributed by atoms with Gasteiger partial charge in [0.1, 0.15) is 0 Å². The Bertz CT molecular complexity index is 643. The molecule has 0 unspecified atom stereocenters. The Kier molecular flexibility index (Phi) is 3.30. The van der Waals surface area contributed by atoms with Gasteiger partial charge >= 0.3 is 0 Å². The average Bonchev–Trinajstić information content (AvgIpc) is 2.98. The van der Waals surface area contributed by atoms with Crippen LogP contribution in [0.2, 0.25) is 0 Å². The van der Waals surface area contributed by atoms with Gasteiger partial charge in [-0.2, -0.15) is 16.4 Å². The average molecular weight is 319 g/mol. The molecule has 1 aromatic carbocycles. The van der Waals surface area contributed by atoms with E-state index in [4.69, 9.17) is 0 Å². The van der Waals surface area contributed by atoms with Gasteiger partial charge in [-0.1, -0.05) is 28.1 Å². The van der Waals surface area contributed by atoms with Gasteiger partial charge < -0.3 is 0 Å². The molecule has 18 heavy (non-hydrogen) atoms. The fraction of sp³-hybridized carbons (Fsp3) is 0.0714. The van der Waals surface area contributed by atoms with Crippen LogP contribution in [0.5, 0.6) is 0 Å². The fourth-order valence-electron chi connectivity index (χ4n) is 1.84. The van der Waals surface area contributed by atoms with E-state index in [0.29, 0.717) is 0 Å². The molecular weight excluding hydrogens is 308 g/mol. The maximum absolute atomic E-state index is 4.59. The standard InChI is InChI=1S/C14H11BrN2S/c15-13-3-1-2-11(8-13)9-17-6-4-14(16-17)12-5-7-18-10-12/h1-8,10H,9H2. The van der Waals surface area contributed by atoms with Crippen LogP contribution >= 0.6 is 27.3 Å². The van der Waals surface area contributed by atoms with Crippen molar-refractivity contribution in [3.05, 3.63) is 63.4 Å². The lowest BCUT2D eigenvalue weighted by Gasteiger charge is -2.02. The molecular formula is C14H11BrN2S. The van der Waals surface area contributed by atoms with Gasteiger partial charge in [0.2, 0.25) is 0 Å². The van der Waals surface area contributed by atoms with E-state index in [-0.39, 0.29) is 0 Å². The molecule has 0 aliphatic heterocycles. The molecule has 2 heterocycles. The molecule has 0 aliphatic rings. The SMILES string of the molecule is Brc1cccc(Cn2ccc(-c3ccsc3)n2)c1. The third-order valence-electron chi connectivity index (χ3n) is 2.69. The number of nitrogens with zero attached hydrogens (tertiary/aromatic N) is 2. The Morgan fingerprint density at radius 2 is 2.17 bits per heavy atom. The van der Waals surface area contributed by atoms with Crippen molar-refractivity contribution < 1.29 is 0 Å². The smallest absolute Gasteiger partial charge is 0.0931 e. The molecule has 0 aliphatic carbocycles. The predicted octanol–water partition coefficient (Wildman–Crippen LogP) is 4.42. The molecule has 0 saturated heterocycles. The summed E-state index contributed by atoms with van der Waals surface area (Å²) in [7, 11) is 0. The molecule has 0 bridgehead atoms. The number of thiophene rings is 1. The molecule has 0 fully saturated rings. The Hall–Kier alpha value is -1.39. The van der Waals surface area contributed by atoms with Crippen molar-refractivity contribution in [3.8, 4) is 11.3 Å². The van der Waals surface area contributed by atoms with E-state index in [1.54, 1.807) is 11.3 Å². The van der Waals surface area contributed by atoms with Gasteiger partial charge in [-0.15, -0.1) is 0 Å². The third kappa shape index (κ3) is 2.54. The van der Waals surface area contributed by atoms with Crippen LogP contribution in [0.25, 0.3) is 11.3 Å². The highest BCUT2D eigenvalue weighted by molar-refractivity contribution is 9.10. The van der Waals surface area contributed by atoms with Crippen LogP contribution in [0.1, 0.15) is 5.56 Å². The Balaban J connectivity index is 1.82. The molecule has 3 rings (SSSR count). The lowest BCUT2D eigenvalue weighted by Crippen LogP contribution is -2.00. The van der Waals surface area contributed by atoms with Crippen LogP contribution in [0.15, 0.2) is 57.8 Å². The largest absolute Gasteiger partial charge is 0.268 e. The van der Waals surface area contributed by atoms with Crippen LogP contribution in [0, 0.1) is 0 Å². The van der Waals surface area contributed by atoms with Crippen LogP contribution in [0.3, 0.4) is 0 Å². The van der Waals surface area contributed by atoms with Gasteiger partial charge in [-0.05, 0) is 35.2 Å². The topological polar surface area (TPSA) is 17.8 Å². The van der Waals surface area contributed by atoms with E-state index in [0.717, 1.165) is 16.7 Å². The van der Waals surface area contributed by atoms with Crippen molar-refractivity contribution in [3.63, 3.8) is 0 Å². The summed E-state index contributed by atoms with van der Waals surface area (Å²) in [6.07, 6.45) is 2.02. The molecule has 0 radical (unpaired) electrons. The maximum atomic E-state index is 4.59. The van der Waals surface area contributed by atoms with Gasteiger partial charge in [-0.25, -0.2) is 0 Å². The summed E-state index contributed by atoms with van der Waals surface area (Å²) < 4.78 is 3.07. The van der Waals surface area contributed by atoms with Crippen molar-refractivity contribution in [1.29, 1.82) is 0 Å². The van der Waals surface area contributed by atoms with Crippen molar-refractivity contribution in [2.45, 2.75) is 6.54 Å². The van der Waals surface area contributed by atoms with E-state index in [1.807, 2.05) is 23.0 Å². The zero-order valence-electron chi connectivity index (χ0n) is 9.58. The number of aromatic nitrogens is 2. The van der Waals surface area contributed by atoms with Crippen molar-refractivity contribution in [1.82, 2.24) is 9.78 Å². The van der Waals surface area contributed by atoms with Crippen molar-refractivity contribution in [2.75, 3.05) is 0 Å². The quantitative estimate of drug-likeness (QED) is 0.699. The van der Waals surface area contributed by atoms with Gasteiger partial charge in [-0.3, -0.25) is 4.68 Å². The first-order chi connectivity index (χ1) is 8.81. The molecule has 0 spiro atoms. The highest BCUT2D eigenvalue weighted by Crippen LogP contribution is 2.20.